The number of carboxylic acids is 1. The number of likely N-dealkylation sites (tertiary alicyclic amines) is 1. The summed E-state index contributed by atoms with van der Waals surface area (Å²) in [6.07, 6.45) is 2.64. The van der Waals surface area contributed by atoms with Crippen molar-refractivity contribution in [1.82, 2.24) is 15.5 Å². The number of aliphatic carboxylic acids is 1. The first-order valence-corrected chi connectivity index (χ1v) is 10.7. The van der Waals surface area contributed by atoms with Gasteiger partial charge in [-0.15, -0.1) is 0 Å². The second-order valence-corrected chi connectivity index (χ2v) is 8.66. The molecule has 1 aliphatic rings. The van der Waals surface area contributed by atoms with Crippen molar-refractivity contribution in [3.05, 3.63) is 0 Å². The van der Waals surface area contributed by atoms with Crippen LogP contribution in [-0.4, -0.2) is 72.1 Å². The van der Waals surface area contributed by atoms with Gasteiger partial charge in [-0.25, -0.2) is 4.79 Å². The van der Waals surface area contributed by atoms with E-state index < -0.39 is 30.3 Å². The molecule has 9 nitrogen and oxygen atoms in total. The Morgan fingerprint density at radius 3 is 2.32 bits per heavy atom. The molecule has 0 bridgehead atoms. The fraction of sp³-hybridized carbons (Fsp3) is 0.778. The fourth-order valence-electron chi connectivity index (χ4n) is 2.83. The summed E-state index contributed by atoms with van der Waals surface area (Å²) in [5.41, 5.74) is -0.658. The van der Waals surface area contributed by atoms with Crippen LogP contribution in [0.15, 0.2) is 0 Å². The number of thioether (sulfide) groups is 1. The van der Waals surface area contributed by atoms with E-state index in [1.54, 1.807) is 37.4 Å². The van der Waals surface area contributed by atoms with Gasteiger partial charge >= 0.3 is 6.09 Å². The second-order valence-electron chi connectivity index (χ2n) is 7.67. The number of piperidine rings is 1. The molecule has 3 amide bonds. The van der Waals surface area contributed by atoms with E-state index in [0.29, 0.717) is 38.1 Å². The maximum Gasteiger partial charge on any atom is 0.408 e. The van der Waals surface area contributed by atoms with Gasteiger partial charge in [-0.3, -0.25) is 9.59 Å². The van der Waals surface area contributed by atoms with Crippen molar-refractivity contribution in [3.63, 3.8) is 0 Å². The van der Waals surface area contributed by atoms with Crippen LogP contribution < -0.4 is 15.7 Å². The van der Waals surface area contributed by atoms with E-state index in [9.17, 15) is 24.3 Å². The van der Waals surface area contributed by atoms with Crippen molar-refractivity contribution in [1.29, 1.82) is 0 Å². The number of carbonyl (C=O) groups excluding carboxylic acids is 4. The van der Waals surface area contributed by atoms with E-state index in [0.717, 1.165) is 0 Å². The van der Waals surface area contributed by atoms with Gasteiger partial charge in [-0.2, -0.15) is 11.8 Å². The average Bonchev–Trinajstić information content (AvgIpc) is 2.61. The van der Waals surface area contributed by atoms with Crippen LogP contribution in [0.5, 0.6) is 0 Å². The number of nitrogens with one attached hydrogen (secondary N) is 2. The summed E-state index contributed by atoms with van der Waals surface area (Å²) in [6, 6.07) is -0.689. The minimum atomic E-state index is -1.34. The van der Waals surface area contributed by atoms with Crippen LogP contribution in [0.25, 0.3) is 0 Å². The number of nitrogens with zero attached hydrogens (tertiary/aromatic N) is 1. The quantitative estimate of drug-likeness (QED) is 0.558. The molecule has 0 saturated carbocycles. The standard InChI is InChI=1S/C18H31N3O6S/c1-18(2,3)27-17(26)20-13(7-10-28-4)16(25)21-8-5-12(6-9-21)15(24)19-11-14(22)23/h12-13H,5-11H2,1-4H3,(H,19,24)(H,20,26)(H,22,23)/p-1/t13-/m0/s1. The Kier molecular flexibility index (Phi) is 9.57. The van der Waals surface area contributed by atoms with Gasteiger partial charge in [0.25, 0.3) is 0 Å². The zero-order valence-electron chi connectivity index (χ0n) is 16.9. The van der Waals surface area contributed by atoms with Gasteiger partial charge in [0.2, 0.25) is 11.8 Å². The molecule has 1 rings (SSSR count). The Bertz CT molecular complexity index is 570. The third-order valence-electron chi connectivity index (χ3n) is 4.18. The lowest BCUT2D eigenvalue weighted by Gasteiger charge is -2.34. The molecule has 28 heavy (non-hydrogen) atoms. The molecule has 0 aromatic carbocycles. The van der Waals surface area contributed by atoms with Gasteiger partial charge in [-0.1, -0.05) is 0 Å². The van der Waals surface area contributed by atoms with E-state index in [1.807, 2.05) is 6.26 Å². The number of carboxylic acid groups (broad SMARTS) is 1. The monoisotopic (exact) mass is 416 g/mol. The van der Waals surface area contributed by atoms with Gasteiger partial charge in [0.05, 0.1) is 12.5 Å². The maximum atomic E-state index is 12.9. The van der Waals surface area contributed by atoms with E-state index in [1.165, 1.54) is 0 Å². The molecule has 1 saturated heterocycles. The Morgan fingerprint density at radius 2 is 1.82 bits per heavy atom. The highest BCUT2D eigenvalue weighted by molar-refractivity contribution is 7.98. The van der Waals surface area contributed by atoms with Crippen molar-refractivity contribution in [2.75, 3.05) is 31.6 Å². The van der Waals surface area contributed by atoms with Crippen molar-refractivity contribution in [3.8, 4) is 0 Å². The fourth-order valence-corrected chi connectivity index (χ4v) is 3.30. The number of hydrogen-bond acceptors (Lipinski definition) is 7. The van der Waals surface area contributed by atoms with Crippen molar-refractivity contribution in [2.45, 2.75) is 51.7 Å². The van der Waals surface area contributed by atoms with Crippen LogP contribution in [0, 0.1) is 5.92 Å². The molecule has 10 heteroatoms. The van der Waals surface area contributed by atoms with Gasteiger partial charge < -0.3 is 30.2 Å². The van der Waals surface area contributed by atoms with E-state index in [-0.39, 0.29) is 17.7 Å². The van der Waals surface area contributed by atoms with Crippen molar-refractivity contribution in [2.24, 2.45) is 5.92 Å². The van der Waals surface area contributed by atoms with Crippen LogP contribution in [-0.2, 0) is 19.1 Å². The van der Waals surface area contributed by atoms with Gasteiger partial charge in [0.1, 0.15) is 11.6 Å². The molecule has 1 fully saturated rings. The molecule has 0 aromatic heterocycles. The topological polar surface area (TPSA) is 128 Å². The maximum absolute atomic E-state index is 12.9. The predicted molar refractivity (Wildman–Crippen MR) is 103 cm³/mol. The first-order chi connectivity index (χ1) is 13.0. The highest BCUT2D eigenvalue weighted by atomic mass is 32.2. The third kappa shape index (κ3) is 8.81. The smallest absolute Gasteiger partial charge is 0.408 e. The zero-order valence-corrected chi connectivity index (χ0v) is 17.7. The minimum absolute atomic E-state index is 0.200. The molecule has 0 radical (unpaired) electrons. The summed E-state index contributed by atoms with van der Waals surface area (Å²) in [6.45, 7) is 5.47. The molecule has 160 valence electrons. The highest BCUT2D eigenvalue weighted by Gasteiger charge is 2.32. The molecule has 0 aliphatic carbocycles. The number of ether oxygens (including phenoxy) is 1. The van der Waals surface area contributed by atoms with Crippen LogP contribution in [0.2, 0.25) is 0 Å². The van der Waals surface area contributed by atoms with Crippen molar-refractivity contribution >= 4 is 35.6 Å². The van der Waals surface area contributed by atoms with Crippen LogP contribution in [0.3, 0.4) is 0 Å². The van der Waals surface area contributed by atoms with E-state index >= 15 is 0 Å². The van der Waals surface area contributed by atoms with Gasteiger partial charge in [0.15, 0.2) is 0 Å². The van der Waals surface area contributed by atoms with Gasteiger partial charge in [0, 0.05) is 19.0 Å². The van der Waals surface area contributed by atoms with E-state index in [2.05, 4.69) is 10.6 Å². The number of rotatable bonds is 8. The summed E-state index contributed by atoms with van der Waals surface area (Å²) in [4.78, 5) is 48.9. The minimum Gasteiger partial charge on any atom is -0.548 e. The number of carbonyl (C=O) groups is 4. The molecular formula is C18H30N3O6S-. The first-order valence-electron chi connectivity index (χ1n) is 9.28. The van der Waals surface area contributed by atoms with Crippen LogP contribution >= 0.6 is 11.8 Å². The zero-order chi connectivity index (χ0) is 21.3. The molecule has 0 aromatic rings. The molecule has 1 atom stereocenters. The molecule has 2 N–H and O–H groups in total. The lowest BCUT2D eigenvalue weighted by Crippen LogP contribution is -2.52. The van der Waals surface area contributed by atoms with Crippen LogP contribution in [0.4, 0.5) is 4.79 Å². The Hall–Kier alpha value is -1.97. The Labute approximate surface area is 169 Å². The Balaban J connectivity index is 2.61. The summed E-state index contributed by atoms with van der Waals surface area (Å²) in [7, 11) is 0. The first kappa shape index (κ1) is 24.1. The van der Waals surface area contributed by atoms with Gasteiger partial charge in [-0.05, 0) is 52.0 Å². The summed E-state index contributed by atoms with van der Waals surface area (Å²) < 4.78 is 5.25. The third-order valence-corrected chi connectivity index (χ3v) is 4.83. The summed E-state index contributed by atoms with van der Waals surface area (Å²) in [5, 5.41) is 15.4. The molecule has 0 unspecified atom stereocenters. The largest absolute Gasteiger partial charge is 0.548 e. The van der Waals surface area contributed by atoms with Crippen LogP contribution in [0.1, 0.15) is 40.0 Å². The van der Waals surface area contributed by atoms with Crippen molar-refractivity contribution < 1.29 is 29.0 Å². The second kappa shape index (κ2) is 11.1. The summed E-state index contributed by atoms with van der Waals surface area (Å²) in [5.74, 6) is -1.53. The molecular weight excluding hydrogens is 386 g/mol. The lowest BCUT2D eigenvalue weighted by atomic mass is 9.95. The number of hydrogen-bond donors (Lipinski definition) is 2. The lowest BCUT2D eigenvalue weighted by molar-refractivity contribution is -0.304. The number of amides is 3. The summed E-state index contributed by atoms with van der Waals surface area (Å²) >= 11 is 1.58. The Morgan fingerprint density at radius 1 is 1.21 bits per heavy atom. The normalized spacial score (nSPS) is 16.2. The molecule has 1 heterocycles. The predicted octanol–water partition coefficient (Wildman–Crippen LogP) is -0.262. The molecule has 1 aliphatic heterocycles. The average molecular weight is 417 g/mol. The SMILES string of the molecule is CSCC[C@H](NC(=O)OC(C)(C)C)C(=O)N1CCC(C(=O)NCC(=O)[O-])CC1. The van der Waals surface area contributed by atoms with E-state index in [4.69, 9.17) is 4.74 Å². The highest BCUT2D eigenvalue weighted by Crippen LogP contribution is 2.19. The molecule has 0 spiro atoms. The number of alkyl carbamates (subject to hydrolysis) is 1.